The number of hydrogen-bond acceptors (Lipinski definition) is 7. The van der Waals surface area contributed by atoms with E-state index in [1.54, 1.807) is 35.0 Å². The zero-order valence-corrected chi connectivity index (χ0v) is 25.6. The number of anilines is 1. The van der Waals surface area contributed by atoms with Crippen LogP contribution in [0.3, 0.4) is 0 Å². The number of aromatic nitrogens is 3. The molecule has 2 saturated heterocycles. The van der Waals surface area contributed by atoms with Crippen molar-refractivity contribution in [1.29, 1.82) is 0 Å². The summed E-state index contributed by atoms with van der Waals surface area (Å²) in [5, 5.41) is 4.59. The molecule has 2 N–H and O–H groups in total. The van der Waals surface area contributed by atoms with Crippen LogP contribution in [-0.4, -0.2) is 49.9 Å². The van der Waals surface area contributed by atoms with Crippen molar-refractivity contribution in [3.8, 4) is 11.7 Å². The van der Waals surface area contributed by atoms with Crippen LogP contribution in [-0.2, 0) is 0 Å². The van der Waals surface area contributed by atoms with Crippen molar-refractivity contribution >= 4 is 36.1 Å². The van der Waals surface area contributed by atoms with E-state index in [0.29, 0.717) is 35.6 Å². The Bertz CT molecular complexity index is 1290. The number of ether oxygens (including phenoxy) is 1. The highest BCUT2D eigenvalue weighted by atomic mass is 32.2. The quantitative estimate of drug-likeness (QED) is 0.229. The number of hydrogen-bond donors (Lipinski definition) is 2. The average Bonchev–Trinajstić information content (AvgIpc) is 3.50. The first-order valence-electron chi connectivity index (χ1n) is 13.2. The van der Waals surface area contributed by atoms with E-state index >= 15 is 0 Å². The van der Waals surface area contributed by atoms with Crippen LogP contribution in [0, 0.1) is 16.7 Å². The summed E-state index contributed by atoms with van der Waals surface area (Å²) in [6, 6.07) is 5.41. The van der Waals surface area contributed by atoms with Gasteiger partial charge < -0.3 is 15.4 Å². The molecule has 0 radical (unpaired) electrons. The maximum absolute atomic E-state index is 12.2. The molecule has 210 valence electrons. The maximum Gasteiger partial charge on any atom is 0.252 e. The summed E-state index contributed by atoms with van der Waals surface area (Å²) in [4.78, 5) is 20.1. The molecule has 0 bridgehead atoms. The molecule has 4 heterocycles. The van der Waals surface area contributed by atoms with Gasteiger partial charge in [-0.15, -0.1) is 17.7 Å². The number of nitrogens with zero attached hydrogens (tertiary/aromatic N) is 4. The second kappa shape index (κ2) is 10.4. The molecule has 3 fully saturated rings. The highest BCUT2D eigenvalue weighted by Crippen LogP contribution is 2.68. The Morgan fingerprint density at radius 3 is 2.36 bits per heavy atom. The number of allylic oxidation sites excluding steroid dienone is 3. The molecule has 2 aliphatic heterocycles. The molecule has 39 heavy (non-hydrogen) atoms. The minimum absolute atomic E-state index is 0.0957. The minimum atomic E-state index is -0.460. The number of thioether (sulfide) groups is 1. The molecule has 1 atom stereocenters. The van der Waals surface area contributed by atoms with Crippen LogP contribution in [0.4, 0.5) is 5.82 Å². The normalized spacial score (nSPS) is 24.1. The van der Waals surface area contributed by atoms with E-state index in [2.05, 4.69) is 77.3 Å². The third-order valence-electron chi connectivity index (χ3n) is 8.88. The van der Waals surface area contributed by atoms with Crippen LogP contribution < -0.4 is 15.4 Å². The average molecular weight is 568 g/mol. The Labute approximate surface area is 242 Å². The van der Waals surface area contributed by atoms with E-state index in [-0.39, 0.29) is 21.1 Å². The van der Waals surface area contributed by atoms with Gasteiger partial charge in [0.25, 0.3) is 5.91 Å². The first-order chi connectivity index (χ1) is 18.2. The zero-order valence-electron chi connectivity index (χ0n) is 23.9. The van der Waals surface area contributed by atoms with Crippen LogP contribution >= 0.6 is 24.4 Å². The van der Waals surface area contributed by atoms with Gasteiger partial charge in [-0.25, -0.2) is 9.67 Å². The van der Waals surface area contributed by atoms with Crippen molar-refractivity contribution < 1.29 is 9.53 Å². The van der Waals surface area contributed by atoms with Gasteiger partial charge in [-0.3, -0.25) is 4.79 Å². The van der Waals surface area contributed by atoms with Crippen LogP contribution in [0.25, 0.3) is 5.82 Å². The van der Waals surface area contributed by atoms with Crippen molar-refractivity contribution in [2.45, 2.75) is 58.2 Å². The lowest BCUT2D eigenvalue weighted by Gasteiger charge is -2.33. The van der Waals surface area contributed by atoms with Crippen molar-refractivity contribution in [2.24, 2.45) is 22.5 Å². The van der Waals surface area contributed by atoms with Crippen molar-refractivity contribution in [2.75, 3.05) is 23.8 Å². The van der Waals surface area contributed by atoms with E-state index in [4.69, 9.17) is 15.5 Å². The van der Waals surface area contributed by atoms with Crippen molar-refractivity contribution in [3.05, 3.63) is 66.3 Å². The van der Waals surface area contributed by atoms with Gasteiger partial charge >= 0.3 is 0 Å². The number of carbonyl (C=O) groups is 1. The number of amides is 1. The molecule has 3 aliphatic rings. The number of thiol groups is 1. The molecule has 1 saturated carbocycles. The van der Waals surface area contributed by atoms with E-state index in [0.717, 1.165) is 23.6 Å². The van der Waals surface area contributed by atoms with Gasteiger partial charge in [0.15, 0.2) is 5.82 Å². The molecule has 9 heteroatoms. The molecule has 1 aliphatic carbocycles. The Kier molecular flexibility index (Phi) is 7.82. The van der Waals surface area contributed by atoms with Gasteiger partial charge in [-0.05, 0) is 49.3 Å². The number of primary amides is 1. The van der Waals surface area contributed by atoms with Crippen LogP contribution in [0.1, 0.15) is 58.3 Å². The number of carbonyl (C=O) groups excluding carboxylic acids is 1. The summed E-state index contributed by atoms with van der Waals surface area (Å²) in [5.74, 6) is 3.08. The summed E-state index contributed by atoms with van der Waals surface area (Å²) in [5.41, 5.74) is 6.61. The lowest BCUT2D eigenvalue weighted by Crippen LogP contribution is -2.40. The topological polar surface area (TPSA) is 86.3 Å². The minimum Gasteiger partial charge on any atom is -0.476 e. The van der Waals surface area contributed by atoms with Gasteiger partial charge in [-0.2, -0.15) is 11.8 Å². The molecule has 1 spiro atoms. The lowest BCUT2D eigenvalue weighted by atomic mass is 9.97. The summed E-state index contributed by atoms with van der Waals surface area (Å²) in [7, 11) is 0. The Balaban J connectivity index is 0.000000448. The first kappa shape index (κ1) is 29.3. The number of rotatable bonds is 8. The molecule has 1 amide bonds. The van der Waals surface area contributed by atoms with Crippen molar-refractivity contribution in [1.82, 2.24) is 14.8 Å². The van der Waals surface area contributed by atoms with Crippen LogP contribution in [0.5, 0.6) is 5.88 Å². The molecule has 1 unspecified atom stereocenters. The summed E-state index contributed by atoms with van der Waals surface area (Å²) in [6.45, 7) is 22.1. The third-order valence-corrected chi connectivity index (χ3v) is 10.6. The first-order valence-corrected chi connectivity index (χ1v) is 14.7. The summed E-state index contributed by atoms with van der Waals surface area (Å²) >= 11 is 5.97. The van der Waals surface area contributed by atoms with E-state index in [1.165, 1.54) is 0 Å². The highest BCUT2D eigenvalue weighted by molar-refractivity contribution is 8.08. The van der Waals surface area contributed by atoms with E-state index < -0.39 is 5.91 Å². The largest absolute Gasteiger partial charge is 0.476 e. The second-order valence-corrected chi connectivity index (χ2v) is 14.3. The van der Waals surface area contributed by atoms with Gasteiger partial charge in [0.05, 0.1) is 12.2 Å². The third kappa shape index (κ3) is 5.80. The molecule has 7 nitrogen and oxygen atoms in total. The maximum atomic E-state index is 12.2. The van der Waals surface area contributed by atoms with Gasteiger partial charge in [0.2, 0.25) is 5.88 Å². The fourth-order valence-electron chi connectivity index (χ4n) is 5.68. The Morgan fingerprint density at radius 1 is 1.21 bits per heavy atom. The van der Waals surface area contributed by atoms with Crippen LogP contribution in [0.15, 0.2) is 60.7 Å². The number of pyridine rings is 1. The van der Waals surface area contributed by atoms with E-state index in [1.807, 2.05) is 24.0 Å². The van der Waals surface area contributed by atoms with E-state index in [9.17, 15) is 4.79 Å². The Hall–Kier alpha value is -2.65. The Morgan fingerprint density at radius 2 is 1.87 bits per heavy atom. The van der Waals surface area contributed by atoms with Gasteiger partial charge in [0.1, 0.15) is 5.82 Å². The summed E-state index contributed by atoms with van der Waals surface area (Å²) in [6.07, 6.45) is 8.02. The molecule has 2 aromatic rings. The molecule has 2 aromatic heterocycles. The fraction of sp³-hybridized carbons (Fsp3) is 0.500. The SMILES string of the molecule is C=C/C=C(/S)C=C.CC1(C)CC2(CS2)CN1c1nc(-n2ccc(OCC3C(C)(C)C3(C)C)n2)ccc1C(N)=O. The van der Waals surface area contributed by atoms with Crippen molar-refractivity contribution in [3.63, 3.8) is 0 Å². The standard InChI is InChI=1S/C24H33N5O2S.C6H8S/c1-21(2)12-24(14-32-24)13-28(21)20-15(19(25)30)7-8-17(26-20)29-10-9-18(27-29)31-11-16-22(3,4)23(16,5)6;1-3-5-6(7)4-2/h7-10,16H,11-14H2,1-6H3,(H2,25,30);3-5,7H,1-2H2/b;6-5+. The fourth-order valence-corrected chi connectivity index (χ4v) is 6.86. The lowest BCUT2D eigenvalue weighted by molar-refractivity contribution is 0.100. The summed E-state index contributed by atoms with van der Waals surface area (Å²) < 4.78 is 8.01. The second-order valence-electron chi connectivity index (χ2n) is 12.4. The highest BCUT2D eigenvalue weighted by Gasteiger charge is 2.64. The van der Waals surface area contributed by atoms with Gasteiger partial charge in [-0.1, -0.05) is 53.0 Å². The zero-order chi connectivity index (χ0) is 28.8. The van der Waals surface area contributed by atoms with Crippen LogP contribution in [0.2, 0.25) is 0 Å². The molecule has 5 rings (SSSR count). The predicted octanol–water partition coefficient (Wildman–Crippen LogP) is 6.07. The monoisotopic (exact) mass is 567 g/mol. The number of nitrogens with two attached hydrogens (primary N) is 1. The molecular weight excluding hydrogens is 526 g/mol. The smallest absolute Gasteiger partial charge is 0.252 e. The van der Waals surface area contributed by atoms with Gasteiger partial charge in [0, 0.05) is 45.7 Å². The molecule has 0 aromatic carbocycles. The predicted molar refractivity (Wildman–Crippen MR) is 165 cm³/mol. The molecular formula is C30H41N5O2S2.